The van der Waals surface area contributed by atoms with Crippen LogP contribution in [0.3, 0.4) is 0 Å². The first kappa shape index (κ1) is 13.2. The Hall–Kier alpha value is -1.25. The normalized spacial score (nSPS) is 10.4. The molecule has 0 atom stereocenters. The third kappa shape index (κ3) is 2.95. The van der Waals surface area contributed by atoms with Gasteiger partial charge in [0, 0.05) is 11.9 Å². The van der Waals surface area contributed by atoms with Crippen LogP contribution in [0.25, 0.3) is 0 Å². The zero-order valence-corrected chi connectivity index (χ0v) is 11.2. The molecule has 0 unspecified atom stereocenters. The summed E-state index contributed by atoms with van der Waals surface area (Å²) in [5.74, 6) is 1.21. The van der Waals surface area contributed by atoms with Crippen molar-refractivity contribution in [2.75, 3.05) is 0 Å². The van der Waals surface area contributed by atoms with E-state index in [0.29, 0.717) is 17.4 Å². The Morgan fingerprint density at radius 3 is 2.56 bits per heavy atom. The number of aryl methyl sites for hydroxylation is 1. The van der Waals surface area contributed by atoms with Gasteiger partial charge in [0.15, 0.2) is 0 Å². The topological polar surface area (TPSA) is 9.23 Å². The van der Waals surface area contributed by atoms with Crippen molar-refractivity contribution in [1.29, 1.82) is 0 Å². The highest BCUT2D eigenvalue weighted by Crippen LogP contribution is 2.28. The Balaban J connectivity index is 2.25. The van der Waals surface area contributed by atoms with Crippen LogP contribution in [0.5, 0.6) is 11.5 Å². The van der Waals surface area contributed by atoms with Crippen LogP contribution in [-0.4, -0.2) is 0 Å². The minimum Gasteiger partial charge on any atom is -0.457 e. The lowest BCUT2D eigenvalue weighted by molar-refractivity contribution is 0.477. The molecule has 0 amide bonds. The molecular weight excluding hydrogens is 274 g/mol. The number of halogens is 3. The number of alkyl halides is 1. The van der Waals surface area contributed by atoms with Gasteiger partial charge in [-0.2, -0.15) is 0 Å². The van der Waals surface area contributed by atoms with E-state index >= 15 is 0 Å². The standard InChI is InChI=1S/C14H11Cl2FO/c1-9-6-10(8-15)2-5-14(9)18-11-3-4-13(17)12(16)7-11/h2-7H,8H2,1H3. The maximum Gasteiger partial charge on any atom is 0.142 e. The average molecular weight is 285 g/mol. The van der Waals surface area contributed by atoms with E-state index in [9.17, 15) is 4.39 Å². The van der Waals surface area contributed by atoms with Crippen LogP contribution in [0.1, 0.15) is 11.1 Å². The van der Waals surface area contributed by atoms with Gasteiger partial charge in [0.1, 0.15) is 17.3 Å². The van der Waals surface area contributed by atoms with Crippen LogP contribution < -0.4 is 4.74 Å². The first-order valence-electron chi connectivity index (χ1n) is 5.38. The monoisotopic (exact) mass is 284 g/mol. The summed E-state index contributed by atoms with van der Waals surface area (Å²) in [4.78, 5) is 0. The molecule has 0 aliphatic rings. The Labute approximate surface area is 115 Å². The van der Waals surface area contributed by atoms with Crippen molar-refractivity contribution in [3.8, 4) is 11.5 Å². The molecule has 2 rings (SSSR count). The molecule has 18 heavy (non-hydrogen) atoms. The summed E-state index contributed by atoms with van der Waals surface area (Å²) in [6.07, 6.45) is 0. The molecule has 0 saturated heterocycles. The first-order valence-corrected chi connectivity index (χ1v) is 6.30. The van der Waals surface area contributed by atoms with Gasteiger partial charge in [-0.1, -0.05) is 23.7 Å². The summed E-state index contributed by atoms with van der Waals surface area (Å²) in [5, 5.41) is 0.0440. The lowest BCUT2D eigenvalue weighted by atomic mass is 10.1. The zero-order chi connectivity index (χ0) is 13.1. The maximum atomic E-state index is 13.0. The van der Waals surface area contributed by atoms with E-state index in [1.54, 1.807) is 0 Å². The van der Waals surface area contributed by atoms with Gasteiger partial charge in [0.25, 0.3) is 0 Å². The molecule has 0 N–H and O–H groups in total. The second-order valence-corrected chi connectivity index (χ2v) is 4.59. The Kier molecular flexibility index (Phi) is 4.10. The largest absolute Gasteiger partial charge is 0.457 e. The van der Waals surface area contributed by atoms with E-state index in [1.807, 2.05) is 25.1 Å². The van der Waals surface area contributed by atoms with Gasteiger partial charge in [0.05, 0.1) is 5.02 Å². The van der Waals surface area contributed by atoms with Gasteiger partial charge in [-0.25, -0.2) is 4.39 Å². The molecule has 0 bridgehead atoms. The highest BCUT2D eigenvalue weighted by molar-refractivity contribution is 6.30. The van der Waals surface area contributed by atoms with E-state index in [1.165, 1.54) is 18.2 Å². The smallest absolute Gasteiger partial charge is 0.142 e. The fraction of sp³-hybridized carbons (Fsp3) is 0.143. The Bertz CT molecular complexity index is 570. The third-order valence-corrected chi connectivity index (χ3v) is 3.11. The zero-order valence-electron chi connectivity index (χ0n) is 9.71. The van der Waals surface area contributed by atoms with E-state index in [-0.39, 0.29) is 5.02 Å². The fourth-order valence-electron chi connectivity index (χ4n) is 1.58. The summed E-state index contributed by atoms with van der Waals surface area (Å²) in [6, 6.07) is 9.94. The van der Waals surface area contributed by atoms with Crippen molar-refractivity contribution in [3.05, 3.63) is 58.4 Å². The molecule has 0 saturated carbocycles. The van der Waals surface area contributed by atoms with E-state index in [2.05, 4.69) is 0 Å². The average Bonchev–Trinajstić information content (AvgIpc) is 2.36. The molecular formula is C14H11Cl2FO. The van der Waals surface area contributed by atoms with Gasteiger partial charge in [-0.05, 0) is 36.2 Å². The number of benzene rings is 2. The molecule has 0 aliphatic carbocycles. The molecule has 0 heterocycles. The molecule has 2 aromatic rings. The van der Waals surface area contributed by atoms with E-state index < -0.39 is 5.82 Å². The lowest BCUT2D eigenvalue weighted by Crippen LogP contribution is -1.90. The van der Waals surface area contributed by atoms with Crippen LogP contribution >= 0.6 is 23.2 Å². The SMILES string of the molecule is Cc1cc(CCl)ccc1Oc1ccc(F)c(Cl)c1. The summed E-state index contributed by atoms with van der Waals surface area (Å²) in [7, 11) is 0. The molecule has 0 radical (unpaired) electrons. The highest BCUT2D eigenvalue weighted by atomic mass is 35.5. The first-order chi connectivity index (χ1) is 8.60. The molecule has 0 aromatic heterocycles. The molecule has 4 heteroatoms. The van der Waals surface area contributed by atoms with Gasteiger partial charge < -0.3 is 4.74 Å². The van der Waals surface area contributed by atoms with Crippen LogP contribution in [-0.2, 0) is 5.88 Å². The molecule has 0 aliphatic heterocycles. The predicted molar refractivity (Wildman–Crippen MR) is 72.2 cm³/mol. The van der Waals surface area contributed by atoms with Crippen molar-refractivity contribution in [2.24, 2.45) is 0 Å². The van der Waals surface area contributed by atoms with Gasteiger partial charge in [-0.3, -0.25) is 0 Å². The lowest BCUT2D eigenvalue weighted by Gasteiger charge is -2.10. The maximum absolute atomic E-state index is 13.0. The number of rotatable bonds is 3. The molecule has 94 valence electrons. The highest BCUT2D eigenvalue weighted by Gasteiger charge is 2.05. The summed E-state index contributed by atoms with van der Waals surface area (Å²) < 4.78 is 18.7. The van der Waals surface area contributed by atoms with Crippen molar-refractivity contribution >= 4 is 23.2 Å². The summed E-state index contributed by atoms with van der Waals surface area (Å²) in [6.45, 7) is 1.93. The van der Waals surface area contributed by atoms with Crippen molar-refractivity contribution < 1.29 is 9.13 Å². The summed E-state index contributed by atoms with van der Waals surface area (Å²) in [5.41, 5.74) is 1.99. The van der Waals surface area contributed by atoms with Crippen LogP contribution in [0.15, 0.2) is 36.4 Å². The van der Waals surface area contributed by atoms with Crippen LogP contribution in [0, 0.1) is 12.7 Å². The van der Waals surface area contributed by atoms with Crippen LogP contribution in [0.4, 0.5) is 4.39 Å². The second kappa shape index (κ2) is 5.59. The quantitative estimate of drug-likeness (QED) is 0.693. The Morgan fingerprint density at radius 2 is 1.94 bits per heavy atom. The van der Waals surface area contributed by atoms with E-state index in [0.717, 1.165) is 11.1 Å². The molecule has 0 fully saturated rings. The molecule has 2 aromatic carbocycles. The summed E-state index contributed by atoms with van der Waals surface area (Å²) >= 11 is 11.4. The predicted octanol–water partition coefficient (Wildman–Crippen LogP) is 5.32. The van der Waals surface area contributed by atoms with Gasteiger partial charge in [-0.15, -0.1) is 11.6 Å². The van der Waals surface area contributed by atoms with Crippen molar-refractivity contribution in [3.63, 3.8) is 0 Å². The van der Waals surface area contributed by atoms with Gasteiger partial charge >= 0.3 is 0 Å². The minimum atomic E-state index is -0.460. The number of hydrogen-bond acceptors (Lipinski definition) is 1. The van der Waals surface area contributed by atoms with Crippen LogP contribution in [0.2, 0.25) is 5.02 Å². The third-order valence-electron chi connectivity index (χ3n) is 2.51. The van der Waals surface area contributed by atoms with Crippen molar-refractivity contribution in [1.82, 2.24) is 0 Å². The number of ether oxygens (including phenoxy) is 1. The van der Waals surface area contributed by atoms with Crippen molar-refractivity contribution in [2.45, 2.75) is 12.8 Å². The van der Waals surface area contributed by atoms with E-state index in [4.69, 9.17) is 27.9 Å². The fourth-order valence-corrected chi connectivity index (χ4v) is 1.91. The van der Waals surface area contributed by atoms with Gasteiger partial charge in [0.2, 0.25) is 0 Å². The molecule has 1 nitrogen and oxygen atoms in total. The molecule has 0 spiro atoms. The minimum absolute atomic E-state index is 0.0440. The second-order valence-electron chi connectivity index (χ2n) is 3.91. The number of hydrogen-bond donors (Lipinski definition) is 0. The Morgan fingerprint density at radius 1 is 1.17 bits per heavy atom.